The topological polar surface area (TPSA) is 12.0 Å². The fourth-order valence-corrected chi connectivity index (χ4v) is 2.31. The third-order valence-corrected chi connectivity index (χ3v) is 3.23. The van der Waals surface area contributed by atoms with Gasteiger partial charge in [0.25, 0.3) is 0 Å². The fourth-order valence-electron chi connectivity index (χ4n) is 2.31. The van der Waals surface area contributed by atoms with E-state index in [9.17, 15) is 0 Å². The maximum Gasteiger partial charge on any atom is 0.0130 e. The Hall–Kier alpha value is -0.820. The molecule has 0 aromatic heterocycles. The SMILES string of the molecule is C[C](Cc1ccccc1)C1CCCCN1. The van der Waals surface area contributed by atoms with Gasteiger partial charge in [-0.25, -0.2) is 0 Å². The Morgan fingerprint density at radius 1 is 1.27 bits per heavy atom. The van der Waals surface area contributed by atoms with Gasteiger partial charge in [0.2, 0.25) is 0 Å². The second-order valence-corrected chi connectivity index (χ2v) is 4.51. The molecule has 1 heterocycles. The van der Waals surface area contributed by atoms with Gasteiger partial charge in [-0.15, -0.1) is 0 Å². The molecule has 1 aromatic carbocycles. The first kappa shape index (κ1) is 10.7. The Bertz CT molecular complexity index is 275. The van der Waals surface area contributed by atoms with Crippen LogP contribution in [0.5, 0.6) is 0 Å². The molecule has 1 N–H and O–H groups in total. The average molecular weight is 202 g/mol. The summed E-state index contributed by atoms with van der Waals surface area (Å²) in [7, 11) is 0. The number of piperidine rings is 1. The highest BCUT2D eigenvalue weighted by molar-refractivity contribution is 5.20. The molecule has 1 aliphatic heterocycles. The summed E-state index contributed by atoms with van der Waals surface area (Å²) in [5.74, 6) is 1.58. The average Bonchev–Trinajstić information content (AvgIpc) is 2.31. The first-order valence-corrected chi connectivity index (χ1v) is 5.96. The van der Waals surface area contributed by atoms with E-state index >= 15 is 0 Å². The fraction of sp³-hybridized carbons (Fsp3) is 0.500. The van der Waals surface area contributed by atoms with Gasteiger partial charge in [0, 0.05) is 6.04 Å². The summed E-state index contributed by atoms with van der Waals surface area (Å²) in [4.78, 5) is 0. The van der Waals surface area contributed by atoms with E-state index in [-0.39, 0.29) is 0 Å². The summed E-state index contributed by atoms with van der Waals surface area (Å²) >= 11 is 0. The minimum atomic E-state index is 0.652. The van der Waals surface area contributed by atoms with Gasteiger partial charge < -0.3 is 5.32 Å². The van der Waals surface area contributed by atoms with Gasteiger partial charge >= 0.3 is 0 Å². The number of hydrogen-bond acceptors (Lipinski definition) is 1. The zero-order valence-corrected chi connectivity index (χ0v) is 9.50. The van der Waals surface area contributed by atoms with Gasteiger partial charge in [0.05, 0.1) is 0 Å². The third-order valence-electron chi connectivity index (χ3n) is 3.23. The lowest BCUT2D eigenvalue weighted by Gasteiger charge is -2.28. The van der Waals surface area contributed by atoms with E-state index in [0.29, 0.717) is 6.04 Å². The van der Waals surface area contributed by atoms with Crippen LogP contribution in [0.15, 0.2) is 30.3 Å². The first-order valence-electron chi connectivity index (χ1n) is 5.96. The highest BCUT2D eigenvalue weighted by atomic mass is 14.9. The molecule has 1 unspecified atom stereocenters. The number of hydrogen-bond donors (Lipinski definition) is 1. The van der Waals surface area contributed by atoms with Crippen molar-refractivity contribution in [1.29, 1.82) is 0 Å². The van der Waals surface area contributed by atoms with Gasteiger partial charge in [-0.3, -0.25) is 0 Å². The Morgan fingerprint density at radius 2 is 2.07 bits per heavy atom. The number of nitrogens with one attached hydrogen (secondary N) is 1. The minimum Gasteiger partial charge on any atom is -0.313 e. The van der Waals surface area contributed by atoms with Crippen molar-refractivity contribution in [3.05, 3.63) is 41.8 Å². The lowest BCUT2D eigenvalue weighted by Crippen LogP contribution is -2.38. The Balaban J connectivity index is 1.88. The van der Waals surface area contributed by atoms with E-state index in [1.807, 2.05) is 0 Å². The molecule has 0 spiro atoms. The molecule has 1 radical (unpaired) electrons. The molecule has 0 amide bonds. The van der Waals surface area contributed by atoms with Crippen molar-refractivity contribution in [1.82, 2.24) is 5.32 Å². The third kappa shape index (κ3) is 3.07. The van der Waals surface area contributed by atoms with Crippen molar-refractivity contribution in [2.24, 2.45) is 0 Å². The molecule has 1 nitrogen and oxygen atoms in total. The molecule has 1 aliphatic rings. The lowest BCUT2D eigenvalue weighted by atomic mass is 9.89. The Kier molecular flexibility index (Phi) is 3.79. The molecule has 1 fully saturated rings. The van der Waals surface area contributed by atoms with Gasteiger partial charge in [-0.1, -0.05) is 43.7 Å². The van der Waals surface area contributed by atoms with Crippen molar-refractivity contribution >= 4 is 0 Å². The molecule has 0 bridgehead atoms. The zero-order chi connectivity index (χ0) is 10.5. The van der Waals surface area contributed by atoms with E-state index in [0.717, 1.165) is 6.42 Å². The molecule has 1 heteroatoms. The van der Waals surface area contributed by atoms with Crippen molar-refractivity contribution in [3.8, 4) is 0 Å². The predicted octanol–water partition coefficient (Wildman–Crippen LogP) is 2.97. The van der Waals surface area contributed by atoms with Crippen LogP contribution in [-0.4, -0.2) is 12.6 Å². The van der Waals surface area contributed by atoms with E-state index < -0.39 is 0 Å². The highest BCUT2D eigenvalue weighted by Crippen LogP contribution is 2.20. The van der Waals surface area contributed by atoms with Crippen LogP contribution < -0.4 is 5.32 Å². The lowest BCUT2D eigenvalue weighted by molar-refractivity contribution is 0.405. The van der Waals surface area contributed by atoms with Crippen LogP contribution in [0.3, 0.4) is 0 Å². The largest absolute Gasteiger partial charge is 0.313 e. The monoisotopic (exact) mass is 202 g/mol. The molecule has 0 aliphatic carbocycles. The predicted molar refractivity (Wildman–Crippen MR) is 64.7 cm³/mol. The van der Waals surface area contributed by atoms with Gasteiger partial charge in [0.1, 0.15) is 0 Å². The molecule has 15 heavy (non-hydrogen) atoms. The Morgan fingerprint density at radius 3 is 2.73 bits per heavy atom. The molecular formula is C14H20N. The van der Waals surface area contributed by atoms with Gasteiger partial charge in [-0.2, -0.15) is 0 Å². The minimum absolute atomic E-state index is 0.652. The molecule has 81 valence electrons. The number of rotatable bonds is 3. The second kappa shape index (κ2) is 5.32. The van der Waals surface area contributed by atoms with Crippen LogP contribution >= 0.6 is 0 Å². The highest BCUT2D eigenvalue weighted by Gasteiger charge is 2.19. The summed E-state index contributed by atoms with van der Waals surface area (Å²) in [5.41, 5.74) is 1.43. The number of benzene rings is 1. The maximum absolute atomic E-state index is 3.60. The van der Waals surface area contributed by atoms with E-state index in [1.54, 1.807) is 5.92 Å². The molecule has 2 rings (SSSR count). The standard InChI is InChI=1S/C14H20N/c1-12(14-9-5-6-10-15-14)11-13-7-3-2-4-8-13/h2-4,7-8,14-15H,5-6,9-11H2,1H3. The van der Waals surface area contributed by atoms with Gasteiger partial charge in [0.15, 0.2) is 0 Å². The summed E-state index contributed by atoms with van der Waals surface area (Å²) < 4.78 is 0. The zero-order valence-electron chi connectivity index (χ0n) is 9.50. The summed E-state index contributed by atoms with van der Waals surface area (Å²) in [5, 5.41) is 3.60. The van der Waals surface area contributed by atoms with Crippen LogP contribution in [0.4, 0.5) is 0 Å². The second-order valence-electron chi connectivity index (χ2n) is 4.51. The van der Waals surface area contributed by atoms with Crippen molar-refractivity contribution in [2.45, 2.75) is 38.6 Å². The van der Waals surface area contributed by atoms with Crippen LogP contribution in [-0.2, 0) is 6.42 Å². The summed E-state index contributed by atoms with van der Waals surface area (Å²) in [6.45, 7) is 3.48. The molecule has 1 atom stereocenters. The summed E-state index contributed by atoms with van der Waals surface area (Å²) in [6.07, 6.45) is 5.16. The van der Waals surface area contributed by atoms with Crippen LogP contribution in [0.25, 0.3) is 0 Å². The van der Waals surface area contributed by atoms with Crippen molar-refractivity contribution in [3.63, 3.8) is 0 Å². The van der Waals surface area contributed by atoms with Crippen molar-refractivity contribution < 1.29 is 0 Å². The van der Waals surface area contributed by atoms with E-state index in [4.69, 9.17) is 0 Å². The molecule has 0 saturated carbocycles. The molecular weight excluding hydrogens is 182 g/mol. The quantitative estimate of drug-likeness (QED) is 0.794. The smallest absolute Gasteiger partial charge is 0.0130 e. The van der Waals surface area contributed by atoms with Crippen molar-refractivity contribution in [2.75, 3.05) is 6.54 Å². The Labute approximate surface area is 92.9 Å². The molecule has 1 aromatic rings. The normalized spacial score (nSPS) is 21.9. The first-order chi connectivity index (χ1) is 7.36. The van der Waals surface area contributed by atoms with E-state index in [2.05, 4.69) is 42.6 Å². The van der Waals surface area contributed by atoms with E-state index in [1.165, 1.54) is 31.4 Å². The van der Waals surface area contributed by atoms with Crippen LogP contribution in [0.1, 0.15) is 31.7 Å². The maximum atomic E-state index is 3.60. The van der Waals surface area contributed by atoms with Gasteiger partial charge in [-0.05, 0) is 37.3 Å². The van der Waals surface area contributed by atoms with Crippen LogP contribution in [0.2, 0.25) is 0 Å². The van der Waals surface area contributed by atoms with Crippen LogP contribution in [0, 0.1) is 5.92 Å². The summed E-state index contributed by atoms with van der Waals surface area (Å²) in [6, 6.07) is 11.4. The molecule has 1 saturated heterocycles.